The molecule has 0 bridgehead atoms. The van der Waals surface area contributed by atoms with E-state index in [2.05, 4.69) is 31.0 Å². The highest BCUT2D eigenvalue weighted by molar-refractivity contribution is 9.10. The summed E-state index contributed by atoms with van der Waals surface area (Å²) in [5.74, 6) is -0.762. The van der Waals surface area contributed by atoms with Crippen LogP contribution in [-0.2, 0) is 11.8 Å². The average molecular weight is 527 g/mol. The Morgan fingerprint density at radius 2 is 2.12 bits per heavy atom. The summed E-state index contributed by atoms with van der Waals surface area (Å²) in [6.45, 7) is 0.639. The number of aliphatic imine (C=N–C) groups is 1. The van der Waals surface area contributed by atoms with E-state index in [0.29, 0.717) is 34.3 Å². The highest BCUT2D eigenvalue weighted by Crippen LogP contribution is 2.37. The standard InChI is InChI=1S/C24H24BrFN6O2/c1-30(2)12-27-21-15(10-17(25)23-22(21)28-13-31(23)3)24(33)14-7-8-18(26)20-16(14)11-32(29-20)19-6-4-5-9-34-19/h7-8,10-13,19H,4-6,9H2,1-3H3. The monoisotopic (exact) mass is 526 g/mol. The van der Waals surface area contributed by atoms with Gasteiger partial charge >= 0.3 is 0 Å². The quantitative estimate of drug-likeness (QED) is 0.208. The molecule has 1 fully saturated rings. The second-order valence-corrected chi connectivity index (χ2v) is 9.49. The number of ether oxygens (including phenoxy) is 1. The molecule has 1 aliphatic rings. The van der Waals surface area contributed by atoms with Crippen LogP contribution in [0.2, 0.25) is 0 Å². The first kappa shape index (κ1) is 22.7. The van der Waals surface area contributed by atoms with Crippen LogP contribution in [0.3, 0.4) is 0 Å². The lowest BCUT2D eigenvalue weighted by molar-refractivity contribution is -0.0391. The number of carbonyl (C=O) groups is 1. The Kier molecular flexibility index (Phi) is 5.95. The Hall–Kier alpha value is -3.11. The first-order valence-electron chi connectivity index (χ1n) is 11.0. The van der Waals surface area contributed by atoms with Crippen LogP contribution in [-0.4, -0.2) is 57.1 Å². The van der Waals surface area contributed by atoms with Gasteiger partial charge in [0.25, 0.3) is 0 Å². The van der Waals surface area contributed by atoms with Gasteiger partial charge in [0.05, 0.1) is 23.7 Å². The Bertz CT molecular complexity index is 1430. The molecule has 0 spiro atoms. The number of nitrogens with zero attached hydrogens (tertiary/aromatic N) is 6. The number of imidazole rings is 1. The Balaban J connectivity index is 1.68. The fraction of sp³-hybridized carbons (Fsp3) is 0.333. The van der Waals surface area contributed by atoms with Gasteiger partial charge in [-0.05, 0) is 53.4 Å². The van der Waals surface area contributed by atoms with Crippen LogP contribution in [0.5, 0.6) is 0 Å². The second kappa shape index (κ2) is 8.92. The third kappa shape index (κ3) is 3.90. The molecule has 0 N–H and O–H groups in total. The number of rotatable bonds is 5. The number of fused-ring (bicyclic) bond motifs is 2. The number of benzene rings is 2. The lowest BCUT2D eigenvalue weighted by Crippen LogP contribution is -2.18. The lowest BCUT2D eigenvalue weighted by Gasteiger charge is -2.22. The molecule has 1 unspecified atom stereocenters. The number of aryl methyl sites for hydroxylation is 1. The van der Waals surface area contributed by atoms with Gasteiger partial charge in [0.15, 0.2) is 11.6 Å². The van der Waals surface area contributed by atoms with E-state index in [1.165, 1.54) is 12.1 Å². The zero-order valence-corrected chi connectivity index (χ0v) is 20.7. The highest BCUT2D eigenvalue weighted by atomic mass is 79.9. The van der Waals surface area contributed by atoms with E-state index in [-0.39, 0.29) is 17.5 Å². The summed E-state index contributed by atoms with van der Waals surface area (Å²) >= 11 is 3.58. The lowest BCUT2D eigenvalue weighted by atomic mass is 9.98. The molecule has 1 atom stereocenters. The molecule has 0 aliphatic carbocycles. The summed E-state index contributed by atoms with van der Waals surface area (Å²) in [6.07, 6.45) is 7.57. The number of hydrogen-bond donors (Lipinski definition) is 0. The summed E-state index contributed by atoms with van der Waals surface area (Å²) in [5.41, 5.74) is 2.75. The maximum atomic E-state index is 14.7. The van der Waals surface area contributed by atoms with Gasteiger partial charge in [0.2, 0.25) is 0 Å². The van der Waals surface area contributed by atoms with E-state index in [0.717, 1.165) is 29.3 Å². The maximum absolute atomic E-state index is 14.7. The first-order chi connectivity index (χ1) is 16.3. The number of hydrogen-bond acceptors (Lipinski definition) is 5. The van der Waals surface area contributed by atoms with Crippen LogP contribution in [0, 0.1) is 5.82 Å². The molecule has 10 heteroatoms. The van der Waals surface area contributed by atoms with Gasteiger partial charge in [-0.25, -0.2) is 19.0 Å². The first-order valence-corrected chi connectivity index (χ1v) is 11.8. The van der Waals surface area contributed by atoms with Crippen molar-refractivity contribution in [2.24, 2.45) is 12.0 Å². The predicted octanol–water partition coefficient (Wildman–Crippen LogP) is 4.98. The minimum absolute atomic E-state index is 0.149. The van der Waals surface area contributed by atoms with E-state index in [1.54, 1.807) is 34.5 Å². The van der Waals surface area contributed by atoms with Crippen molar-refractivity contribution in [2.45, 2.75) is 25.5 Å². The van der Waals surface area contributed by atoms with Crippen LogP contribution in [0.15, 0.2) is 40.2 Å². The van der Waals surface area contributed by atoms with E-state index in [4.69, 9.17) is 4.74 Å². The smallest absolute Gasteiger partial charge is 0.196 e. The molecular weight excluding hydrogens is 503 g/mol. The van der Waals surface area contributed by atoms with Crippen molar-refractivity contribution in [3.05, 3.63) is 52.1 Å². The summed E-state index contributed by atoms with van der Waals surface area (Å²) < 4.78 is 24.7. The van der Waals surface area contributed by atoms with Gasteiger partial charge < -0.3 is 14.2 Å². The van der Waals surface area contributed by atoms with Crippen molar-refractivity contribution in [3.63, 3.8) is 0 Å². The van der Waals surface area contributed by atoms with Crippen LogP contribution in [0.1, 0.15) is 41.4 Å². The molecule has 0 saturated carbocycles. The third-order valence-electron chi connectivity index (χ3n) is 5.92. The number of halogens is 2. The van der Waals surface area contributed by atoms with E-state index >= 15 is 0 Å². The van der Waals surface area contributed by atoms with Crippen LogP contribution < -0.4 is 0 Å². The van der Waals surface area contributed by atoms with Crippen molar-refractivity contribution in [2.75, 3.05) is 20.7 Å². The van der Waals surface area contributed by atoms with Gasteiger partial charge in [0.1, 0.15) is 22.9 Å². The molecule has 2 aromatic heterocycles. The molecule has 0 radical (unpaired) electrons. The fourth-order valence-electron chi connectivity index (χ4n) is 4.27. The van der Waals surface area contributed by atoms with Crippen molar-refractivity contribution in [1.82, 2.24) is 24.2 Å². The predicted molar refractivity (Wildman–Crippen MR) is 132 cm³/mol. The van der Waals surface area contributed by atoms with Gasteiger partial charge in [-0.3, -0.25) is 4.79 Å². The number of aromatic nitrogens is 4. The van der Waals surface area contributed by atoms with Gasteiger partial charge in [0, 0.05) is 49.4 Å². The normalized spacial score (nSPS) is 16.7. The SMILES string of the molecule is CN(C)C=Nc1c(C(=O)c2ccc(F)c3nn(C4CCCCO4)cc23)cc(Br)c2c1ncn2C. The summed E-state index contributed by atoms with van der Waals surface area (Å²) in [6, 6.07) is 4.54. The zero-order chi connectivity index (χ0) is 24.0. The van der Waals surface area contributed by atoms with Crippen LogP contribution in [0.25, 0.3) is 21.9 Å². The van der Waals surface area contributed by atoms with Crippen molar-refractivity contribution in [1.29, 1.82) is 0 Å². The van der Waals surface area contributed by atoms with Crippen LogP contribution >= 0.6 is 15.9 Å². The summed E-state index contributed by atoms with van der Waals surface area (Å²) in [7, 11) is 5.58. The molecule has 34 heavy (non-hydrogen) atoms. The Morgan fingerprint density at radius 3 is 2.85 bits per heavy atom. The van der Waals surface area contributed by atoms with E-state index in [1.807, 2.05) is 25.7 Å². The van der Waals surface area contributed by atoms with Crippen molar-refractivity contribution < 1.29 is 13.9 Å². The molecule has 1 saturated heterocycles. The number of carbonyl (C=O) groups excluding carboxylic acids is 1. The molecule has 1 aliphatic heterocycles. The molecule has 176 valence electrons. The summed E-state index contributed by atoms with van der Waals surface area (Å²) in [5, 5.41) is 4.87. The second-order valence-electron chi connectivity index (χ2n) is 8.63. The van der Waals surface area contributed by atoms with Crippen molar-refractivity contribution >= 4 is 55.7 Å². The van der Waals surface area contributed by atoms with E-state index in [9.17, 15) is 9.18 Å². The number of ketones is 1. The minimum Gasteiger partial charge on any atom is -0.369 e. The highest BCUT2D eigenvalue weighted by Gasteiger charge is 2.25. The average Bonchev–Trinajstić information content (AvgIpc) is 3.44. The third-order valence-corrected chi connectivity index (χ3v) is 6.52. The molecule has 8 nitrogen and oxygen atoms in total. The topological polar surface area (TPSA) is 77.5 Å². The van der Waals surface area contributed by atoms with E-state index < -0.39 is 5.82 Å². The maximum Gasteiger partial charge on any atom is 0.196 e. The molecule has 3 heterocycles. The van der Waals surface area contributed by atoms with Gasteiger partial charge in [-0.1, -0.05) is 0 Å². The minimum atomic E-state index is -0.478. The van der Waals surface area contributed by atoms with Gasteiger partial charge in [-0.15, -0.1) is 0 Å². The largest absolute Gasteiger partial charge is 0.369 e. The zero-order valence-electron chi connectivity index (χ0n) is 19.1. The summed E-state index contributed by atoms with van der Waals surface area (Å²) in [4.78, 5) is 24.7. The molecule has 2 aromatic carbocycles. The molecule has 0 amide bonds. The van der Waals surface area contributed by atoms with Crippen LogP contribution in [0.4, 0.5) is 10.1 Å². The molecule has 5 rings (SSSR count). The molecular formula is C24H24BrFN6O2. The van der Waals surface area contributed by atoms with Gasteiger partial charge in [-0.2, -0.15) is 5.10 Å². The fourth-order valence-corrected chi connectivity index (χ4v) is 4.96. The Labute approximate surface area is 204 Å². The molecule has 4 aromatic rings. The Morgan fingerprint density at radius 1 is 1.29 bits per heavy atom. The van der Waals surface area contributed by atoms with Crippen molar-refractivity contribution in [3.8, 4) is 0 Å².